The van der Waals surface area contributed by atoms with Gasteiger partial charge in [0.2, 0.25) is 0 Å². The topological polar surface area (TPSA) is 16.1 Å². The molecule has 3 heteroatoms. The molecule has 2 nitrogen and oxygen atoms in total. The summed E-state index contributed by atoms with van der Waals surface area (Å²) in [5.74, 6) is 0. The molecule has 0 saturated carbocycles. The fourth-order valence-corrected chi connectivity index (χ4v) is 2.25. The first kappa shape index (κ1) is 16.2. The normalized spacial score (nSPS) is 13.9. The maximum absolute atomic E-state index is 4.45. The van der Waals surface area contributed by atoms with Gasteiger partial charge in [-0.3, -0.25) is 4.98 Å². The third kappa shape index (κ3) is 4.97. The molecule has 0 amide bonds. The Balaban J connectivity index is 0.00000180. The lowest BCUT2D eigenvalue weighted by atomic mass is 10.1. The fourth-order valence-electron chi connectivity index (χ4n) is 2.25. The Morgan fingerprint density at radius 2 is 2.11 bits per heavy atom. The second kappa shape index (κ2) is 9.13. The van der Waals surface area contributed by atoms with Gasteiger partial charge in [-0.05, 0) is 24.6 Å². The number of aromatic nitrogens is 1. The van der Waals surface area contributed by atoms with Crippen molar-refractivity contribution in [2.75, 3.05) is 13.1 Å². The van der Waals surface area contributed by atoms with Crippen molar-refractivity contribution < 1.29 is 0 Å². The molecule has 104 valence electrons. The van der Waals surface area contributed by atoms with Crippen LogP contribution >= 0.6 is 24.0 Å². The summed E-state index contributed by atoms with van der Waals surface area (Å²) in [6.07, 6.45) is 13.6. The molecule has 0 radical (unpaired) electrons. The zero-order valence-electron chi connectivity index (χ0n) is 11.6. The Bertz CT molecular complexity index is 412. The van der Waals surface area contributed by atoms with E-state index in [1.54, 1.807) is 0 Å². The number of hydrogen-bond acceptors (Lipinski definition) is 2. The summed E-state index contributed by atoms with van der Waals surface area (Å²) in [5, 5.41) is 0. The Morgan fingerprint density at radius 3 is 2.84 bits per heavy atom. The molecule has 0 aliphatic carbocycles. The Labute approximate surface area is 133 Å². The van der Waals surface area contributed by atoms with Crippen LogP contribution in [0.1, 0.15) is 38.3 Å². The molecule has 1 aliphatic rings. The molecule has 0 unspecified atom stereocenters. The zero-order chi connectivity index (χ0) is 12.6. The summed E-state index contributed by atoms with van der Waals surface area (Å²) in [5.41, 5.74) is 2.34. The predicted octanol–water partition coefficient (Wildman–Crippen LogP) is 4.49. The van der Waals surface area contributed by atoms with Gasteiger partial charge in [0.1, 0.15) is 0 Å². The van der Waals surface area contributed by atoms with E-state index >= 15 is 0 Å². The van der Waals surface area contributed by atoms with Gasteiger partial charge < -0.3 is 4.90 Å². The largest absolute Gasteiger partial charge is 0.366 e. The zero-order valence-corrected chi connectivity index (χ0v) is 13.9. The first-order chi connectivity index (χ1) is 8.92. The lowest BCUT2D eigenvalue weighted by Gasteiger charge is -2.27. The lowest BCUT2D eigenvalue weighted by molar-refractivity contribution is 0.413. The van der Waals surface area contributed by atoms with Crippen LogP contribution in [0.5, 0.6) is 0 Å². The first-order valence-corrected chi connectivity index (χ1v) is 6.95. The van der Waals surface area contributed by atoms with Crippen LogP contribution < -0.4 is 0 Å². The quantitative estimate of drug-likeness (QED) is 0.542. The number of rotatable bonds is 6. The fraction of sp³-hybridized carbons (Fsp3) is 0.438. The van der Waals surface area contributed by atoms with Gasteiger partial charge in [-0.1, -0.05) is 44.4 Å². The van der Waals surface area contributed by atoms with E-state index in [1.807, 2.05) is 12.3 Å². The molecule has 1 aromatic rings. The highest BCUT2D eigenvalue weighted by Crippen LogP contribution is 2.20. The summed E-state index contributed by atoms with van der Waals surface area (Å²) in [6.45, 7) is 4.39. The lowest BCUT2D eigenvalue weighted by Crippen LogP contribution is -2.25. The van der Waals surface area contributed by atoms with Gasteiger partial charge >= 0.3 is 0 Å². The van der Waals surface area contributed by atoms with E-state index in [0.29, 0.717) is 0 Å². The van der Waals surface area contributed by atoms with Crippen molar-refractivity contribution in [3.8, 4) is 0 Å². The van der Waals surface area contributed by atoms with Crippen LogP contribution in [0.15, 0.2) is 42.6 Å². The predicted molar refractivity (Wildman–Crippen MR) is 92.5 cm³/mol. The van der Waals surface area contributed by atoms with E-state index in [0.717, 1.165) is 18.8 Å². The molecule has 0 fully saturated rings. The summed E-state index contributed by atoms with van der Waals surface area (Å²) in [4.78, 5) is 6.88. The van der Waals surface area contributed by atoms with Crippen molar-refractivity contribution in [3.05, 3.63) is 48.3 Å². The number of allylic oxidation sites excluding steroid dienone is 2. The SMILES string of the molecule is CCCCCCN1CC=CC=C1c1ccccn1.I. The molecule has 0 spiro atoms. The van der Waals surface area contributed by atoms with Crippen molar-refractivity contribution in [2.45, 2.75) is 32.6 Å². The molecule has 0 bridgehead atoms. The van der Waals surface area contributed by atoms with E-state index in [4.69, 9.17) is 0 Å². The van der Waals surface area contributed by atoms with Gasteiger partial charge in [-0.2, -0.15) is 0 Å². The monoisotopic (exact) mass is 370 g/mol. The van der Waals surface area contributed by atoms with Crippen LogP contribution in [0.3, 0.4) is 0 Å². The molecule has 2 rings (SSSR count). The van der Waals surface area contributed by atoms with Crippen LogP contribution in [0, 0.1) is 0 Å². The second-order valence-electron chi connectivity index (χ2n) is 4.70. The van der Waals surface area contributed by atoms with E-state index in [-0.39, 0.29) is 24.0 Å². The first-order valence-electron chi connectivity index (χ1n) is 6.95. The van der Waals surface area contributed by atoms with Crippen molar-refractivity contribution in [1.82, 2.24) is 9.88 Å². The number of nitrogens with zero attached hydrogens (tertiary/aromatic N) is 2. The molecule has 0 atom stereocenters. The molecular formula is C16H23IN2. The number of hydrogen-bond donors (Lipinski definition) is 0. The van der Waals surface area contributed by atoms with Crippen LogP contribution in [0.25, 0.3) is 5.70 Å². The van der Waals surface area contributed by atoms with Gasteiger partial charge in [0.15, 0.2) is 0 Å². The van der Waals surface area contributed by atoms with Crippen molar-refractivity contribution in [3.63, 3.8) is 0 Å². The summed E-state index contributed by atoms with van der Waals surface area (Å²) < 4.78 is 0. The Hall–Kier alpha value is -0.840. The number of pyridine rings is 1. The minimum absolute atomic E-state index is 0. The summed E-state index contributed by atoms with van der Waals surface area (Å²) in [6, 6.07) is 6.11. The number of halogens is 1. The van der Waals surface area contributed by atoms with E-state index in [9.17, 15) is 0 Å². The van der Waals surface area contributed by atoms with Crippen molar-refractivity contribution in [1.29, 1.82) is 0 Å². The molecular weight excluding hydrogens is 347 g/mol. The highest BCUT2D eigenvalue weighted by atomic mass is 127. The Kier molecular flexibility index (Phi) is 7.79. The van der Waals surface area contributed by atoms with Crippen LogP contribution in [-0.2, 0) is 0 Å². The van der Waals surface area contributed by atoms with Crippen LogP contribution in [0.2, 0.25) is 0 Å². The molecule has 1 aromatic heterocycles. The smallest absolute Gasteiger partial charge is 0.0863 e. The summed E-state index contributed by atoms with van der Waals surface area (Å²) >= 11 is 0. The maximum atomic E-state index is 4.45. The van der Waals surface area contributed by atoms with Gasteiger partial charge in [0.25, 0.3) is 0 Å². The van der Waals surface area contributed by atoms with Gasteiger partial charge in [-0.25, -0.2) is 0 Å². The number of unbranched alkanes of at least 4 members (excludes halogenated alkanes) is 3. The molecule has 0 aromatic carbocycles. The van der Waals surface area contributed by atoms with Gasteiger partial charge in [0.05, 0.1) is 11.4 Å². The third-order valence-corrected chi connectivity index (χ3v) is 3.27. The van der Waals surface area contributed by atoms with E-state index < -0.39 is 0 Å². The van der Waals surface area contributed by atoms with E-state index in [1.165, 1.54) is 31.4 Å². The minimum atomic E-state index is 0. The second-order valence-corrected chi connectivity index (χ2v) is 4.70. The van der Waals surface area contributed by atoms with Gasteiger partial charge in [0, 0.05) is 19.3 Å². The average Bonchev–Trinajstić information content (AvgIpc) is 2.45. The Morgan fingerprint density at radius 1 is 1.21 bits per heavy atom. The molecule has 0 saturated heterocycles. The highest BCUT2D eigenvalue weighted by molar-refractivity contribution is 14.0. The maximum Gasteiger partial charge on any atom is 0.0863 e. The van der Waals surface area contributed by atoms with Gasteiger partial charge in [-0.15, -0.1) is 24.0 Å². The summed E-state index contributed by atoms with van der Waals surface area (Å²) in [7, 11) is 0. The standard InChI is InChI=1S/C16H22N2.HI/c1-2-3-4-8-13-18-14-9-6-11-16(18)15-10-5-7-12-17-15;/h5-7,9-12H,2-4,8,13-14H2,1H3;1H. The third-order valence-electron chi connectivity index (χ3n) is 3.27. The van der Waals surface area contributed by atoms with Crippen LogP contribution in [-0.4, -0.2) is 23.0 Å². The average molecular weight is 370 g/mol. The molecule has 19 heavy (non-hydrogen) atoms. The van der Waals surface area contributed by atoms with Crippen molar-refractivity contribution in [2.24, 2.45) is 0 Å². The molecule has 2 heterocycles. The minimum Gasteiger partial charge on any atom is -0.366 e. The van der Waals surface area contributed by atoms with E-state index in [2.05, 4.69) is 47.2 Å². The van der Waals surface area contributed by atoms with Crippen LogP contribution in [0.4, 0.5) is 0 Å². The van der Waals surface area contributed by atoms with Crippen molar-refractivity contribution >= 4 is 29.7 Å². The highest BCUT2D eigenvalue weighted by Gasteiger charge is 2.12. The molecule has 1 aliphatic heterocycles. The molecule has 0 N–H and O–H groups in total.